The lowest BCUT2D eigenvalue weighted by atomic mass is 9.94. The fraction of sp³-hybridized carbons (Fsp3) is 0.346. The average Bonchev–Trinajstić information content (AvgIpc) is 3.56. The molecule has 0 bridgehead atoms. The molecule has 242 valence electrons. The van der Waals surface area contributed by atoms with Crippen molar-refractivity contribution in [3.8, 4) is 5.75 Å². The Morgan fingerprint density at radius 3 is 2.65 bits per heavy atom. The van der Waals surface area contributed by atoms with Gasteiger partial charge >= 0.3 is 23.8 Å². The van der Waals surface area contributed by atoms with E-state index in [1.165, 1.54) is 57.8 Å². The maximum absolute atomic E-state index is 13.9. The second-order valence-electron chi connectivity index (χ2n) is 9.97. The molecular weight excluding hydrogens is 665 g/mol. The second-order valence-corrected chi connectivity index (χ2v) is 13.1. The molecule has 3 aliphatic heterocycles. The first-order chi connectivity index (χ1) is 22.0. The number of hydrogen-bond acceptors (Lipinski definition) is 13. The number of carboxylic acid groups (broad SMARTS) is 1. The zero-order valence-corrected chi connectivity index (χ0v) is 26.3. The number of piperazine rings is 1. The van der Waals surface area contributed by atoms with Gasteiger partial charge in [0.2, 0.25) is 18.0 Å². The Morgan fingerprint density at radius 2 is 2.00 bits per heavy atom. The lowest BCUT2D eigenvalue weighted by Crippen LogP contribution is -2.85. The highest BCUT2D eigenvalue weighted by molar-refractivity contribution is 8.01. The van der Waals surface area contributed by atoms with E-state index in [0.717, 1.165) is 16.7 Å². The largest absolute Gasteiger partial charge is 0.508 e. The third-order valence-electron chi connectivity index (χ3n) is 7.34. The molecule has 0 saturated carbocycles. The van der Waals surface area contributed by atoms with E-state index in [1.807, 2.05) is 0 Å². The molecule has 2 saturated heterocycles. The Kier molecular flexibility index (Phi) is 9.49. The summed E-state index contributed by atoms with van der Waals surface area (Å²) >= 11 is 3.61. The molecule has 2 aromatic rings. The van der Waals surface area contributed by atoms with Gasteiger partial charge in [-0.1, -0.05) is 35.2 Å². The van der Waals surface area contributed by atoms with Crippen molar-refractivity contribution >= 4 is 76.9 Å². The Balaban J connectivity index is 1.41. The number of amides is 7. The highest BCUT2D eigenvalue weighted by Crippen LogP contribution is 2.46. The number of phenols is 1. The molecular formula is C26H26N8O9S3. The summed E-state index contributed by atoms with van der Waals surface area (Å²) < 4.78 is 0.599. The number of aromatic nitrogens is 2. The molecule has 20 heteroatoms. The van der Waals surface area contributed by atoms with Crippen LogP contribution in [-0.2, 0) is 28.8 Å². The molecule has 0 aliphatic carbocycles. The number of likely N-dealkylation sites (N-methyl/N-ethyl adjacent to an activating group) is 1. The Labute approximate surface area is 272 Å². The predicted molar refractivity (Wildman–Crippen MR) is 162 cm³/mol. The first-order valence-electron chi connectivity index (χ1n) is 13.6. The van der Waals surface area contributed by atoms with Crippen LogP contribution in [-0.4, -0.2) is 119 Å². The number of thioether (sulfide) groups is 2. The summed E-state index contributed by atoms with van der Waals surface area (Å²) in [6, 6.07) is 2.55. The van der Waals surface area contributed by atoms with Gasteiger partial charge in [0.25, 0.3) is 5.91 Å². The van der Waals surface area contributed by atoms with Crippen molar-refractivity contribution in [3.63, 3.8) is 0 Å². The van der Waals surface area contributed by atoms with Gasteiger partial charge in [-0.15, -0.1) is 22.0 Å². The molecule has 1 unspecified atom stereocenters. The molecule has 1 aromatic carbocycles. The molecule has 7 amide bonds. The van der Waals surface area contributed by atoms with Gasteiger partial charge in [-0.25, -0.2) is 9.59 Å². The molecule has 3 aliphatic rings. The van der Waals surface area contributed by atoms with Gasteiger partial charge in [0.15, 0.2) is 4.34 Å². The minimum atomic E-state index is -2.11. The number of fused-ring (bicyclic) bond motifs is 1. The fourth-order valence-corrected chi connectivity index (χ4v) is 8.18. The summed E-state index contributed by atoms with van der Waals surface area (Å²) in [5, 5.41) is 33.9. The van der Waals surface area contributed by atoms with Gasteiger partial charge in [-0.3, -0.25) is 33.8 Å². The first-order valence-corrected chi connectivity index (χ1v) is 16.5. The van der Waals surface area contributed by atoms with Crippen LogP contribution in [0.25, 0.3) is 0 Å². The molecule has 5 N–H and O–H groups in total. The van der Waals surface area contributed by atoms with Gasteiger partial charge in [0.05, 0.1) is 0 Å². The van der Waals surface area contributed by atoms with Crippen LogP contribution in [0.5, 0.6) is 5.75 Å². The Hall–Kier alpha value is -4.69. The number of β-lactam (4-membered cyclic amide) rings is 1. The summed E-state index contributed by atoms with van der Waals surface area (Å²) in [6.45, 7) is 1.86. The van der Waals surface area contributed by atoms with Crippen LogP contribution in [0.1, 0.15) is 18.5 Å². The number of rotatable bonds is 11. The molecule has 5 rings (SSSR count). The van der Waals surface area contributed by atoms with Crippen molar-refractivity contribution in [2.24, 2.45) is 0 Å². The number of carboxylic acids is 1. The van der Waals surface area contributed by atoms with Crippen LogP contribution < -0.4 is 16.0 Å². The Morgan fingerprint density at radius 1 is 1.22 bits per heavy atom. The summed E-state index contributed by atoms with van der Waals surface area (Å²) in [6.07, 6.45) is 0.181. The van der Waals surface area contributed by atoms with Gasteiger partial charge < -0.3 is 31.1 Å². The van der Waals surface area contributed by atoms with Crippen LogP contribution in [0.15, 0.2) is 45.4 Å². The maximum Gasteiger partial charge on any atom is 0.352 e. The van der Waals surface area contributed by atoms with Crippen molar-refractivity contribution in [2.45, 2.75) is 28.3 Å². The predicted octanol–water partition coefficient (Wildman–Crippen LogP) is -0.710. The van der Waals surface area contributed by atoms with E-state index in [1.54, 1.807) is 6.92 Å². The quantitative estimate of drug-likeness (QED) is 0.0646. The lowest BCUT2D eigenvalue weighted by molar-refractivity contribution is -0.163. The summed E-state index contributed by atoms with van der Waals surface area (Å²) in [5.74, 6) is -5.30. The number of nitrogens with one attached hydrogen (secondary N) is 3. The number of benzene rings is 1. The molecule has 1 aromatic heterocycles. The highest BCUT2D eigenvalue weighted by atomic mass is 32.2. The summed E-state index contributed by atoms with van der Waals surface area (Å²) in [5.41, 5.74) is -0.422. The van der Waals surface area contributed by atoms with E-state index in [0.29, 0.717) is 14.8 Å². The third-order valence-corrected chi connectivity index (χ3v) is 10.7. The molecule has 4 heterocycles. The van der Waals surface area contributed by atoms with Crippen molar-refractivity contribution in [3.05, 3.63) is 46.6 Å². The summed E-state index contributed by atoms with van der Waals surface area (Å²) in [7, 11) is 0. The number of nitrogens with zero attached hydrogens (tertiary/aromatic N) is 5. The summed E-state index contributed by atoms with van der Waals surface area (Å²) in [4.78, 5) is 92.8. The third kappa shape index (κ3) is 5.97. The highest BCUT2D eigenvalue weighted by Gasteiger charge is 2.66. The first kappa shape index (κ1) is 32.7. The topological polar surface area (TPSA) is 232 Å². The normalized spacial score (nSPS) is 21.7. The van der Waals surface area contributed by atoms with Crippen LogP contribution in [0.3, 0.4) is 0 Å². The van der Waals surface area contributed by atoms with Gasteiger partial charge in [-0.05, 0) is 30.2 Å². The number of imide groups is 1. The minimum absolute atomic E-state index is 0.0418. The van der Waals surface area contributed by atoms with Crippen LogP contribution in [0.4, 0.5) is 4.79 Å². The average molecular weight is 691 g/mol. The smallest absolute Gasteiger partial charge is 0.352 e. The SMILES string of the molecule is CCN1CCN(C(=O)NC(C(=O)N[C@]2(NC=O)C(=O)N3C(C(=O)O)=C(CSc4nncs4)CS[C@H]32)c2cccc(O)c2)C(=O)C1=O. The van der Waals surface area contributed by atoms with E-state index in [-0.39, 0.29) is 54.6 Å². The molecule has 0 radical (unpaired) electrons. The number of carbonyl (C=O) groups excluding carboxylic acids is 6. The van der Waals surface area contributed by atoms with Crippen molar-refractivity contribution in [1.82, 2.24) is 40.8 Å². The van der Waals surface area contributed by atoms with E-state index >= 15 is 0 Å². The molecule has 46 heavy (non-hydrogen) atoms. The van der Waals surface area contributed by atoms with E-state index < -0.39 is 52.7 Å². The number of urea groups is 1. The Bertz CT molecular complexity index is 1640. The fourth-order valence-electron chi connectivity index (χ4n) is 5.12. The van der Waals surface area contributed by atoms with Crippen LogP contribution >= 0.6 is 34.9 Å². The second kappa shape index (κ2) is 13.3. The van der Waals surface area contributed by atoms with E-state index in [2.05, 4.69) is 26.1 Å². The van der Waals surface area contributed by atoms with Crippen LogP contribution in [0, 0.1) is 0 Å². The van der Waals surface area contributed by atoms with Gasteiger partial charge in [-0.2, -0.15) is 0 Å². The van der Waals surface area contributed by atoms with Gasteiger partial charge in [0, 0.05) is 31.1 Å². The minimum Gasteiger partial charge on any atom is -0.508 e. The lowest BCUT2D eigenvalue weighted by Gasteiger charge is -2.56. The number of carbonyl (C=O) groups is 7. The maximum atomic E-state index is 13.9. The molecule has 3 atom stereocenters. The van der Waals surface area contributed by atoms with Crippen LogP contribution in [0.2, 0.25) is 0 Å². The molecule has 17 nitrogen and oxygen atoms in total. The van der Waals surface area contributed by atoms with Crippen molar-refractivity contribution in [1.29, 1.82) is 0 Å². The zero-order valence-electron chi connectivity index (χ0n) is 23.9. The number of phenolic OH excluding ortho intramolecular Hbond substituents is 1. The number of aliphatic carboxylic acids is 1. The van der Waals surface area contributed by atoms with E-state index in [9.17, 15) is 43.8 Å². The number of hydrogen-bond donors (Lipinski definition) is 5. The van der Waals surface area contributed by atoms with E-state index in [4.69, 9.17) is 0 Å². The molecule has 2 fully saturated rings. The van der Waals surface area contributed by atoms with Crippen molar-refractivity contribution < 1.29 is 43.8 Å². The van der Waals surface area contributed by atoms with Crippen molar-refractivity contribution in [2.75, 3.05) is 31.1 Å². The monoisotopic (exact) mass is 690 g/mol. The standard InChI is InChI=1S/C26H26N8O9S3/c1-2-32-6-7-33(20(39)19(32)38)24(43)29-16(13-4-3-5-15(36)8-13)18(37)30-26(27-11-35)22(42)34-17(21(40)41)14(9-44-23(26)34)10-45-25-31-28-12-46-25/h3-5,8,11-12,16,23,36H,2,6-7,9-10H2,1H3,(H,27,35)(H,29,43)(H,30,37)(H,40,41)/t16?,23-,26+/m0/s1. The van der Waals surface area contributed by atoms with Gasteiger partial charge in [0.1, 0.15) is 28.4 Å². The number of aromatic hydroxyl groups is 1. The molecule has 0 spiro atoms. The zero-order chi connectivity index (χ0) is 33.2.